The lowest BCUT2D eigenvalue weighted by molar-refractivity contribution is -0.126. The van der Waals surface area contributed by atoms with E-state index in [-0.39, 0.29) is 11.5 Å². The van der Waals surface area contributed by atoms with Gasteiger partial charge in [0.15, 0.2) is 0 Å². The van der Waals surface area contributed by atoms with Crippen LogP contribution in [0.25, 0.3) is 0 Å². The van der Waals surface area contributed by atoms with Crippen molar-refractivity contribution in [3.05, 3.63) is 0 Å². The molecule has 1 fully saturated rings. The molecular weight excluding hydrogens is 240 g/mol. The monoisotopic (exact) mass is 270 g/mol. The highest BCUT2D eigenvalue weighted by Gasteiger charge is 2.20. The van der Waals surface area contributed by atoms with Gasteiger partial charge in [-0.05, 0) is 26.7 Å². The highest BCUT2D eigenvalue weighted by atomic mass is 16.5. The van der Waals surface area contributed by atoms with Crippen molar-refractivity contribution in [3.63, 3.8) is 0 Å². The summed E-state index contributed by atoms with van der Waals surface area (Å²) in [4.78, 5) is 11.7. The van der Waals surface area contributed by atoms with Crippen LogP contribution in [-0.2, 0) is 9.53 Å². The summed E-state index contributed by atoms with van der Waals surface area (Å²) in [6.45, 7) is 5.42. The van der Waals surface area contributed by atoms with Crippen LogP contribution in [0, 0.1) is 0 Å². The number of hydrogen-bond donors (Lipinski definition) is 2. The molecule has 0 unspecified atom stereocenters. The second-order valence-electron chi connectivity index (χ2n) is 6.13. The van der Waals surface area contributed by atoms with E-state index in [2.05, 4.69) is 10.6 Å². The minimum absolute atomic E-state index is 0.0644. The van der Waals surface area contributed by atoms with Gasteiger partial charge in [-0.15, -0.1) is 0 Å². The van der Waals surface area contributed by atoms with E-state index in [0.29, 0.717) is 19.0 Å². The molecule has 0 spiro atoms. The Balaban J connectivity index is 2.08. The molecule has 1 amide bonds. The molecule has 0 saturated heterocycles. The molecule has 112 valence electrons. The summed E-state index contributed by atoms with van der Waals surface area (Å²) in [5, 5.41) is 6.49. The molecule has 0 aliphatic heterocycles. The van der Waals surface area contributed by atoms with E-state index in [1.807, 2.05) is 13.8 Å². The molecule has 0 radical (unpaired) electrons. The second-order valence-corrected chi connectivity index (χ2v) is 6.13. The molecule has 0 aromatic heterocycles. The van der Waals surface area contributed by atoms with Crippen molar-refractivity contribution < 1.29 is 9.53 Å². The fraction of sp³-hybridized carbons (Fsp3) is 0.933. The zero-order chi connectivity index (χ0) is 14.1. The van der Waals surface area contributed by atoms with Crippen LogP contribution in [0.15, 0.2) is 0 Å². The minimum atomic E-state index is -0.376. The van der Waals surface area contributed by atoms with Crippen molar-refractivity contribution >= 4 is 5.91 Å². The predicted octanol–water partition coefficient (Wildman–Crippen LogP) is 2.23. The normalized spacial score (nSPS) is 18.1. The number of methoxy groups -OCH3 is 1. The van der Waals surface area contributed by atoms with Gasteiger partial charge in [0.2, 0.25) is 5.91 Å². The number of carbonyl (C=O) groups is 1. The molecule has 4 nitrogen and oxygen atoms in total. The maximum atomic E-state index is 11.7. The number of carbonyl (C=O) groups excluding carboxylic acids is 1. The van der Waals surface area contributed by atoms with E-state index >= 15 is 0 Å². The molecule has 0 atom stereocenters. The minimum Gasteiger partial charge on any atom is -0.378 e. The lowest BCUT2D eigenvalue weighted by atomic mass is 10.1. The van der Waals surface area contributed by atoms with E-state index in [1.165, 1.54) is 38.5 Å². The molecule has 19 heavy (non-hydrogen) atoms. The highest BCUT2D eigenvalue weighted by Crippen LogP contribution is 2.16. The van der Waals surface area contributed by atoms with Gasteiger partial charge in [-0.25, -0.2) is 0 Å². The molecule has 0 aromatic rings. The van der Waals surface area contributed by atoms with Gasteiger partial charge < -0.3 is 15.4 Å². The molecule has 2 N–H and O–H groups in total. The van der Waals surface area contributed by atoms with E-state index in [1.54, 1.807) is 7.11 Å². The lowest BCUT2D eigenvalue weighted by Crippen LogP contribution is -2.39. The van der Waals surface area contributed by atoms with Crippen LogP contribution in [0.1, 0.15) is 58.8 Å². The van der Waals surface area contributed by atoms with Crippen molar-refractivity contribution in [2.75, 3.05) is 20.2 Å². The summed E-state index contributed by atoms with van der Waals surface area (Å²) in [6.07, 6.45) is 8.41. The van der Waals surface area contributed by atoms with Gasteiger partial charge in [0.25, 0.3) is 0 Å². The Kier molecular flexibility index (Phi) is 7.39. The van der Waals surface area contributed by atoms with Crippen LogP contribution in [-0.4, -0.2) is 37.7 Å². The average Bonchev–Trinajstić information content (AvgIpc) is 2.63. The van der Waals surface area contributed by atoms with Crippen LogP contribution in [0.2, 0.25) is 0 Å². The molecular formula is C15H30N2O2. The molecule has 0 aromatic carbocycles. The molecule has 1 saturated carbocycles. The topological polar surface area (TPSA) is 50.4 Å². The molecule has 1 aliphatic rings. The average molecular weight is 270 g/mol. The molecule has 1 aliphatic carbocycles. The SMILES string of the molecule is COC(C)(C)CC(=O)NCCNC1CCCCCC1. The molecule has 1 rings (SSSR count). The third kappa shape index (κ3) is 7.53. The quantitative estimate of drug-likeness (QED) is 0.551. The number of rotatable bonds is 7. The smallest absolute Gasteiger partial charge is 0.222 e. The summed E-state index contributed by atoms with van der Waals surface area (Å²) in [5.41, 5.74) is -0.376. The fourth-order valence-corrected chi connectivity index (χ4v) is 2.48. The second kappa shape index (κ2) is 8.54. The molecule has 0 heterocycles. The van der Waals surface area contributed by atoms with Crippen LogP contribution in [0.4, 0.5) is 0 Å². The number of ether oxygens (including phenoxy) is 1. The first-order valence-corrected chi connectivity index (χ1v) is 7.59. The third-order valence-electron chi connectivity index (χ3n) is 3.87. The van der Waals surface area contributed by atoms with Gasteiger partial charge in [-0.1, -0.05) is 25.7 Å². The summed E-state index contributed by atoms with van der Waals surface area (Å²) in [7, 11) is 1.64. The molecule has 4 heteroatoms. The van der Waals surface area contributed by atoms with Gasteiger partial charge in [0.1, 0.15) is 0 Å². The number of amides is 1. The summed E-state index contributed by atoms with van der Waals surface area (Å²) in [6, 6.07) is 0.648. The van der Waals surface area contributed by atoms with E-state index in [4.69, 9.17) is 4.74 Å². The Morgan fingerprint density at radius 2 is 1.79 bits per heavy atom. The van der Waals surface area contributed by atoms with Gasteiger partial charge in [0, 0.05) is 26.2 Å². The van der Waals surface area contributed by atoms with Crippen molar-refractivity contribution in [2.45, 2.75) is 70.4 Å². The number of hydrogen-bond acceptors (Lipinski definition) is 3. The van der Waals surface area contributed by atoms with E-state index in [0.717, 1.165) is 6.54 Å². The van der Waals surface area contributed by atoms with Gasteiger partial charge in [-0.3, -0.25) is 4.79 Å². The van der Waals surface area contributed by atoms with Crippen molar-refractivity contribution in [1.82, 2.24) is 10.6 Å². The Morgan fingerprint density at radius 1 is 1.16 bits per heavy atom. The van der Waals surface area contributed by atoms with Gasteiger partial charge in [0.05, 0.1) is 12.0 Å². The summed E-state index contributed by atoms with van der Waals surface area (Å²) >= 11 is 0. The Hall–Kier alpha value is -0.610. The standard InChI is InChI=1S/C15H30N2O2/c1-15(2,19-3)12-14(18)17-11-10-16-13-8-6-4-5-7-9-13/h13,16H,4-12H2,1-3H3,(H,17,18). The van der Waals surface area contributed by atoms with Crippen LogP contribution >= 0.6 is 0 Å². The lowest BCUT2D eigenvalue weighted by Gasteiger charge is -2.22. The Morgan fingerprint density at radius 3 is 2.37 bits per heavy atom. The van der Waals surface area contributed by atoms with Crippen LogP contribution < -0.4 is 10.6 Å². The van der Waals surface area contributed by atoms with E-state index < -0.39 is 0 Å². The van der Waals surface area contributed by atoms with E-state index in [9.17, 15) is 4.79 Å². The maximum absolute atomic E-state index is 11.7. The van der Waals surface area contributed by atoms with Gasteiger partial charge >= 0.3 is 0 Å². The number of nitrogens with one attached hydrogen (secondary N) is 2. The summed E-state index contributed by atoms with van der Waals surface area (Å²) < 4.78 is 5.25. The zero-order valence-corrected chi connectivity index (χ0v) is 12.8. The Labute approximate surface area is 117 Å². The largest absolute Gasteiger partial charge is 0.378 e. The van der Waals surface area contributed by atoms with Crippen LogP contribution in [0.3, 0.4) is 0 Å². The van der Waals surface area contributed by atoms with Crippen molar-refractivity contribution in [2.24, 2.45) is 0 Å². The third-order valence-corrected chi connectivity index (χ3v) is 3.87. The van der Waals surface area contributed by atoms with Gasteiger partial charge in [-0.2, -0.15) is 0 Å². The maximum Gasteiger partial charge on any atom is 0.222 e. The van der Waals surface area contributed by atoms with Crippen molar-refractivity contribution in [3.8, 4) is 0 Å². The molecule has 0 bridgehead atoms. The zero-order valence-electron chi connectivity index (χ0n) is 12.8. The first kappa shape index (κ1) is 16.4. The van der Waals surface area contributed by atoms with Crippen molar-refractivity contribution in [1.29, 1.82) is 0 Å². The fourth-order valence-electron chi connectivity index (χ4n) is 2.48. The first-order chi connectivity index (χ1) is 9.03. The Bertz CT molecular complexity index is 259. The highest BCUT2D eigenvalue weighted by molar-refractivity contribution is 5.76. The summed E-state index contributed by atoms with van der Waals surface area (Å²) in [5.74, 6) is 0.0644. The first-order valence-electron chi connectivity index (χ1n) is 7.59. The predicted molar refractivity (Wildman–Crippen MR) is 78.2 cm³/mol. The van der Waals surface area contributed by atoms with Crippen LogP contribution in [0.5, 0.6) is 0 Å².